The lowest BCUT2D eigenvalue weighted by atomic mass is 10.2. The number of carbonyl (C=O) groups is 1. The van der Waals surface area contributed by atoms with E-state index in [1.54, 1.807) is 18.3 Å². The summed E-state index contributed by atoms with van der Waals surface area (Å²) in [6, 6.07) is 9.27. The minimum absolute atomic E-state index is 0.414. The highest BCUT2D eigenvalue weighted by Crippen LogP contribution is 2.23. The van der Waals surface area contributed by atoms with Crippen molar-refractivity contribution in [3.8, 4) is 11.4 Å². The SMILES string of the molecule is CN1CCN(CCCNc2ccc(-c3nc4c(C(N)=O)cccc4[nH]3)cn2)CC1. The van der Waals surface area contributed by atoms with Crippen molar-refractivity contribution in [3.05, 3.63) is 42.1 Å². The predicted molar refractivity (Wildman–Crippen MR) is 115 cm³/mol. The van der Waals surface area contributed by atoms with Crippen molar-refractivity contribution in [1.29, 1.82) is 0 Å². The van der Waals surface area contributed by atoms with Crippen molar-refractivity contribution >= 4 is 22.8 Å². The van der Waals surface area contributed by atoms with E-state index >= 15 is 0 Å². The molecule has 4 rings (SSSR count). The molecule has 0 spiro atoms. The van der Waals surface area contributed by atoms with Crippen LogP contribution >= 0.6 is 0 Å². The number of aromatic nitrogens is 3. The van der Waals surface area contributed by atoms with E-state index in [0.717, 1.165) is 62.6 Å². The quantitative estimate of drug-likeness (QED) is 0.529. The van der Waals surface area contributed by atoms with Crippen LogP contribution in [0.5, 0.6) is 0 Å². The molecule has 0 bridgehead atoms. The Labute approximate surface area is 170 Å². The number of H-pyrrole nitrogens is 1. The Morgan fingerprint density at radius 3 is 2.76 bits per heavy atom. The average Bonchev–Trinajstić information content (AvgIpc) is 3.17. The van der Waals surface area contributed by atoms with E-state index in [2.05, 4.69) is 37.1 Å². The van der Waals surface area contributed by atoms with Gasteiger partial charge in [-0.15, -0.1) is 0 Å². The zero-order valence-corrected chi connectivity index (χ0v) is 16.7. The van der Waals surface area contributed by atoms with E-state index in [0.29, 0.717) is 16.9 Å². The van der Waals surface area contributed by atoms with Crippen LogP contribution in [0.25, 0.3) is 22.4 Å². The lowest BCUT2D eigenvalue weighted by Gasteiger charge is -2.32. The molecule has 0 aliphatic carbocycles. The molecule has 0 atom stereocenters. The van der Waals surface area contributed by atoms with Crippen LogP contribution in [-0.2, 0) is 0 Å². The fourth-order valence-electron chi connectivity index (χ4n) is 3.60. The molecule has 1 amide bonds. The summed E-state index contributed by atoms with van der Waals surface area (Å²) >= 11 is 0. The number of rotatable bonds is 7. The third-order valence-corrected chi connectivity index (χ3v) is 5.37. The zero-order valence-electron chi connectivity index (χ0n) is 16.7. The molecule has 4 N–H and O–H groups in total. The molecule has 1 fully saturated rings. The number of aromatic amines is 1. The maximum Gasteiger partial charge on any atom is 0.250 e. The average molecular weight is 393 g/mol. The van der Waals surface area contributed by atoms with E-state index in [-0.39, 0.29) is 0 Å². The zero-order chi connectivity index (χ0) is 20.2. The summed E-state index contributed by atoms with van der Waals surface area (Å²) in [6.45, 7) is 6.61. The molecule has 29 heavy (non-hydrogen) atoms. The molecule has 1 aliphatic heterocycles. The number of amides is 1. The molecular formula is C21H27N7O. The fourth-order valence-corrected chi connectivity index (χ4v) is 3.60. The van der Waals surface area contributed by atoms with Crippen LogP contribution in [0.3, 0.4) is 0 Å². The summed E-state index contributed by atoms with van der Waals surface area (Å²) in [6.07, 6.45) is 2.87. The molecule has 152 valence electrons. The molecule has 0 radical (unpaired) electrons. The first kappa shape index (κ1) is 19.4. The van der Waals surface area contributed by atoms with Gasteiger partial charge in [-0.2, -0.15) is 0 Å². The van der Waals surface area contributed by atoms with Crippen molar-refractivity contribution < 1.29 is 4.79 Å². The highest BCUT2D eigenvalue weighted by atomic mass is 16.1. The monoisotopic (exact) mass is 393 g/mol. The molecule has 1 aliphatic rings. The number of anilines is 1. The van der Waals surface area contributed by atoms with Gasteiger partial charge in [0.15, 0.2) is 0 Å². The Morgan fingerprint density at radius 1 is 1.21 bits per heavy atom. The Kier molecular flexibility index (Phi) is 5.73. The number of imidazole rings is 1. The van der Waals surface area contributed by atoms with Gasteiger partial charge in [-0.3, -0.25) is 4.79 Å². The lowest BCUT2D eigenvalue weighted by Crippen LogP contribution is -2.44. The standard InChI is InChI=1S/C21H27N7O/c1-27-10-12-28(13-11-27)9-3-8-23-18-7-6-15(14-24-18)21-25-17-5-2-4-16(20(22)29)19(17)26-21/h2,4-7,14H,3,8-13H2,1H3,(H2,22,29)(H,23,24)(H,25,26). The van der Waals surface area contributed by atoms with Gasteiger partial charge in [-0.05, 0) is 44.3 Å². The Morgan fingerprint density at radius 2 is 2.03 bits per heavy atom. The number of para-hydroxylation sites is 1. The van der Waals surface area contributed by atoms with Crippen LogP contribution in [0.15, 0.2) is 36.5 Å². The number of benzene rings is 1. The van der Waals surface area contributed by atoms with E-state index in [4.69, 9.17) is 5.73 Å². The fraction of sp³-hybridized carbons (Fsp3) is 0.381. The van der Waals surface area contributed by atoms with Crippen LogP contribution < -0.4 is 11.1 Å². The van der Waals surface area contributed by atoms with E-state index in [1.165, 1.54) is 0 Å². The van der Waals surface area contributed by atoms with Gasteiger partial charge in [0.25, 0.3) is 5.91 Å². The van der Waals surface area contributed by atoms with Crippen LogP contribution in [0.1, 0.15) is 16.8 Å². The predicted octanol–water partition coefficient (Wildman–Crippen LogP) is 1.77. The number of primary amides is 1. The Bertz CT molecular complexity index is 974. The molecule has 0 unspecified atom stereocenters. The molecule has 8 nitrogen and oxygen atoms in total. The highest BCUT2D eigenvalue weighted by molar-refractivity contribution is 6.04. The third kappa shape index (κ3) is 4.55. The Hall–Kier alpha value is -2.97. The van der Waals surface area contributed by atoms with Crippen LogP contribution in [0.4, 0.5) is 5.82 Å². The summed E-state index contributed by atoms with van der Waals surface area (Å²) in [5.74, 6) is 1.03. The summed E-state index contributed by atoms with van der Waals surface area (Å²) in [5.41, 5.74) is 8.08. The van der Waals surface area contributed by atoms with Crippen molar-refractivity contribution in [2.45, 2.75) is 6.42 Å². The smallest absolute Gasteiger partial charge is 0.250 e. The molecule has 3 aromatic rings. The number of fused-ring (bicyclic) bond motifs is 1. The molecule has 3 heterocycles. The maximum absolute atomic E-state index is 11.6. The number of carbonyl (C=O) groups excluding carboxylic acids is 1. The van der Waals surface area contributed by atoms with Crippen molar-refractivity contribution in [2.24, 2.45) is 5.73 Å². The van der Waals surface area contributed by atoms with Gasteiger partial charge in [-0.1, -0.05) is 6.07 Å². The van der Waals surface area contributed by atoms with Crippen LogP contribution in [0, 0.1) is 0 Å². The van der Waals surface area contributed by atoms with Gasteiger partial charge >= 0.3 is 0 Å². The first-order chi connectivity index (χ1) is 14.1. The van der Waals surface area contributed by atoms with Gasteiger partial charge in [0.2, 0.25) is 0 Å². The maximum atomic E-state index is 11.6. The lowest BCUT2D eigenvalue weighted by molar-refractivity contribution is 0.100. The van der Waals surface area contributed by atoms with Gasteiger partial charge in [0.1, 0.15) is 17.2 Å². The second-order valence-corrected chi connectivity index (χ2v) is 7.51. The van der Waals surface area contributed by atoms with Crippen molar-refractivity contribution in [2.75, 3.05) is 51.6 Å². The molecule has 0 saturated carbocycles. The number of hydrogen-bond acceptors (Lipinski definition) is 6. The first-order valence-electron chi connectivity index (χ1n) is 10.00. The number of hydrogen-bond donors (Lipinski definition) is 3. The number of nitrogens with one attached hydrogen (secondary N) is 2. The van der Waals surface area contributed by atoms with E-state index in [9.17, 15) is 4.79 Å². The van der Waals surface area contributed by atoms with E-state index < -0.39 is 5.91 Å². The number of nitrogens with zero attached hydrogens (tertiary/aromatic N) is 4. The summed E-state index contributed by atoms with van der Waals surface area (Å²) in [4.78, 5) is 28.7. The minimum Gasteiger partial charge on any atom is -0.370 e. The Balaban J connectivity index is 1.34. The van der Waals surface area contributed by atoms with Gasteiger partial charge in [0.05, 0.1) is 11.1 Å². The molecule has 1 saturated heterocycles. The minimum atomic E-state index is -0.483. The third-order valence-electron chi connectivity index (χ3n) is 5.37. The normalized spacial score (nSPS) is 15.6. The highest BCUT2D eigenvalue weighted by Gasteiger charge is 2.13. The van der Waals surface area contributed by atoms with Crippen LogP contribution in [0.2, 0.25) is 0 Å². The van der Waals surface area contributed by atoms with Crippen LogP contribution in [-0.4, -0.2) is 77.0 Å². The topological polar surface area (TPSA) is 103 Å². The number of pyridine rings is 1. The molecule has 8 heteroatoms. The number of nitrogens with two attached hydrogens (primary N) is 1. The first-order valence-corrected chi connectivity index (χ1v) is 10.00. The molecule has 2 aromatic heterocycles. The summed E-state index contributed by atoms with van der Waals surface area (Å²) in [5, 5.41) is 3.38. The van der Waals surface area contributed by atoms with Gasteiger partial charge in [0, 0.05) is 44.5 Å². The second-order valence-electron chi connectivity index (χ2n) is 7.51. The van der Waals surface area contributed by atoms with Crippen molar-refractivity contribution in [3.63, 3.8) is 0 Å². The van der Waals surface area contributed by atoms with E-state index in [1.807, 2.05) is 18.2 Å². The van der Waals surface area contributed by atoms with Gasteiger partial charge in [-0.25, -0.2) is 9.97 Å². The second kappa shape index (κ2) is 8.59. The number of piperazine rings is 1. The van der Waals surface area contributed by atoms with Crippen molar-refractivity contribution in [1.82, 2.24) is 24.8 Å². The molecular weight excluding hydrogens is 366 g/mol. The summed E-state index contributed by atoms with van der Waals surface area (Å²) < 4.78 is 0. The van der Waals surface area contributed by atoms with Gasteiger partial charge < -0.3 is 25.8 Å². The molecule has 1 aromatic carbocycles. The number of likely N-dealkylation sites (N-methyl/N-ethyl adjacent to an activating group) is 1. The largest absolute Gasteiger partial charge is 0.370 e. The summed E-state index contributed by atoms with van der Waals surface area (Å²) in [7, 11) is 2.18.